The van der Waals surface area contributed by atoms with Crippen LogP contribution in [0.4, 0.5) is 0 Å². The maximum absolute atomic E-state index is 5.74. The van der Waals surface area contributed by atoms with Crippen molar-refractivity contribution < 1.29 is 4.74 Å². The first-order valence-electron chi connectivity index (χ1n) is 3.20. The first-order valence-corrected chi connectivity index (χ1v) is 7.36. The molecule has 1 aliphatic heterocycles. The Balaban J connectivity index is 2.23. The van der Waals surface area contributed by atoms with E-state index in [1.54, 1.807) is 0 Å². The second-order valence-electron chi connectivity index (χ2n) is 2.24. The van der Waals surface area contributed by atoms with E-state index in [0.29, 0.717) is 0 Å². The topological polar surface area (TPSA) is 9.23 Å². The summed E-state index contributed by atoms with van der Waals surface area (Å²) < 4.78 is 5.34. The second kappa shape index (κ2) is 3.81. The van der Waals surface area contributed by atoms with E-state index < -0.39 is 7.42 Å². The van der Waals surface area contributed by atoms with E-state index in [0.717, 1.165) is 13.0 Å². The molecule has 9 heavy (non-hydrogen) atoms. The van der Waals surface area contributed by atoms with Gasteiger partial charge in [-0.1, -0.05) is 0 Å². The number of rotatable bonds is 1. The molecular weight excluding hydrogens is 175 g/mol. The predicted molar refractivity (Wildman–Crippen MR) is 42.4 cm³/mol. The van der Waals surface area contributed by atoms with Gasteiger partial charge >= 0.3 is 0 Å². The second-order valence-corrected chi connectivity index (χ2v) is 7.14. The first kappa shape index (κ1) is 7.86. The summed E-state index contributed by atoms with van der Waals surface area (Å²) in [6, 6.07) is 0. The van der Waals surface area contributed by atoms with Crippen molar-refractivity contribution in [2.24, 2.45) is 0 Å². The van der Waals surface area contributed by atoms with Gasteiger partial charge in [0.05, 0.1) is 5.73 Å². The van der Waals surface area contributed by atoms with Gasteiger partial charge in [0.2, 0.25) is 0 Å². The molecule has 1 atom stereocenters. The lowest BCUT2D eigenvalue weighted by molar-refractivity contribution is 0.0657. The van der Waals surface area contributed by atoms with Crippen molar-refractivity contribution in [1.29, 1.82) is 0 Å². The van der Waals surface area contributed by atoms with Crippen molar-refractivity contribution >= 4 is 29.6 Å². The van der Waals surface area contributed by atoms with Crippen molar-refractivity contribution in [3.63, 3.8) is 0 Å². The van der Waals surface area contributed by atoms with Crippen LogP contribution in [0.5, 0.6) is 0 Å². The SMILES string of the molecule is Cl[SiH](Cl)C1CCCCO1. The molecule has 0 bridgehead atoms. The summed E-state index contributed by atoms with van der Waals surface area (Å²) in [7, 11) is -1.53. The highest BCUT2D eigenvalue weighted by Crippen LogP contribution is 2.18. The van der Waals surface area contributed by atoms with Gasteiger partial charge in [0.15, 0.2) is 0 Å². The van der Waals surface area contributed by atoms with E-state index in [4.69, 9.17) is 26.9 Å². The molecule has 1 heterocycles. The van der Waals surface area contributed by atoms with Crippen LogP contribution in [0, 0.1) is 0 Å². The average Bonchev–Trinajstić information content (AvgIpc) is 1.90. The molecule has 54 valence electrons. The van der Waals surface area contributed by atoms with E-state index in [2.05, 4.69) is 0 Å². The minimum atomic E-state index is -1.53. The molecule has 1 saturated heterocycles. The molecule has 4 heteroatoms. The summed E-state index contributed by atoms with van der Waals surface area (Å²) in [5, 5.41) is 0. The molecule has 0 spiro atoms. The zero-order valence-corrected chi connectivity index (χ0v) is 7.81. The van der Waals surface area contributed by atoms with E-state index >= 15 is 0 Å². The molecule has 0 radical (unpaired) electrons. The maximum atomic E-state index is 5.74. The van der Waals surface area contributed by atoms with Crippen LogP contribution in [0.3, 0.4) is 0 Å². The largest absolute Gasteiger partial charge is 0.379 e. The minimum absolute atomic E-state index is 0.224. The number of hydrogen-bond acceptors (Lipinski definition) is 1. The van der Waals surface area contributed by atoms with Crippen LogP contribution < -0.4 is 0 Å². The summed E-state index contributed by atoms with van der Waals surface area (Å²) in [4.78, 5) is 0. The van der Waals surface area contributed by atoms with Crippen molar-refractivity contribution in [3.8, 4) is 0 Å². The van der Waals surface area contributed by atoms with Crippen LogP contribution in [-0.2, 0) is 4.74 Å². The molecule has 1 nitrogen and oxygen atoms in total. The Morgan fingerprint density at radius 2 is 2.11 bits per heavy atom. The van der Waals surface area contributed by atoms with E-state index in [-0.39, 0.29) is 5.73 Å². The summed E-state index contributed by atoms with van der Waals surface area (Å²) in [5.74, 6) is 0. The first-order chi connectivity index (χ1) is 4.30. The fourth-order valence-electron chi connectivity index (χ4n) is 0.964. The molecule has 0 amide bonds. The smallest absolute Gasteiger partial charge is 0.264 e. The molecule has 1 fully saturated rings. The predicted octanol–water partition coefficient (Wildman–Crippen LogP) is 1.79. The highest BCUT2D eigenvalue weighted by molar-refractivity contribution is 7.34. The lowest BCUT2D eigenvalue weighted by atomic mass is 10.2. The molecule has 0 aliphatic carbocycles. The standard InChI is InChI=1S/C5H10Cl2OSi/c6-9(7)5-3-1-2-4-8-5/h5,9H,1-4H2. The third kappa shape index (κ3) is 2.46. The monoisotopic (exact) mass is 184 g/mol. The van der Waals surface area contributed by atoms with Crippen LogP contribution in [0.1, 0.15) is 19.3 Å². The van der Waals surface area contributed by atoms with Gasteiger partial charge in [-0.15, -0.1) is 22.2 Å². The third-order valence-electron chi connectivity index (χ3n) is 1.50. The quantitative estimate of drug-likeness (QED) is 0.447. The van der Waals surface area contributed by atoms with Gasteiger partial charge in [0.25, 0.3) is 7.42 Å². The zero-order valence-electron chi connectivity index (χ0n) is 5.15. The summed E-state index contributed by atoms with van der Waals surface area (Å²) >= 11 is 11.5. The molecule has 0 N–H and O–H groups in total. The van der Waals surface area contributed by atoms with E-state index in [1.807, 2.05) is 0 Å². The van der Waals surface area contributed by atoms with Gasteiger partial charge in [0.1, 0.15) is 0 Å². The average molecular weight is 185 g/mol. The third-order valence-corrected chi connectivity index (χ3v) is 4.27. The Morgan fingerprint density at radius 3 is 2.44 bits per heavy atom. The number of halogens is 2. The molecular formula is C5H10Cl2OSi. The van der Waals surface area contributed by atoms with E-state index in [9.17, 15) is 0 Å². The number of hydrogen-bond donors (Lipinski definition) is 0. The maximum Gasteiger partial charge on any atom is 0.264 e. The Kier molecular flexibility index (Phi) is 3.33. The highest BCUT2D eigenvalue weighted by atomic mass is 35.7. The van der Waals surface area contributed by atoms with Crippen molar-refractivity contribution in [2.75, 3.05) is 6.61 Å². The van der Waals surface area contributed by atoms with Gasteiger partial charge in [-0.2, -0.15) is 0 Å². The summed E-state index contributed by atoms with van der Waals surface area (Å²) in [6.07, 6.45) is 3.48. The molecule has 1 aliphatic rings. The van der Waals surface area contributed by atoms with Crippen LogP contribution in [-0.4, -0.2) is 19.8 Å². The van der Waals surface area contributed by atoms with Crippen molar-refractivity contribution in [2.45, 2.75) is 25.0 Å². The molecule has 1 rings (SSSR count). The van der Waals surface area contributed by atoms with Gasteiger partial charge < -0.3 is 4.74 Å². The molecule has 0 aromatic carbocycles. The fourth-order valence-corrected chi connectivity index (χ4v) is 2.93. The molecule has 1 unspecified atom stereocenters. The van der Waals surface area contributed by atoms with Gasteiger partial charge in [-0.05, 0) is 19.3 Å². The Hall–Kier alpha value is 0.757. The summed E-state index contributed by atoms with van der Waals surface area (Å²) in [6.45, 7) is 0.855. The van der Waals surface area contributed by atoms with Crippen LogP contribution in [0.2, 0.25) is 0 Å². The molecule has 0 aromatic rings. The lowest BCUT2D eigenvalue weighted by Crippen LogP contribution is -2.28. The molecule has 0 aromatic heterocycles. The van der Waals surface area contributed by atoms with Gasteiger partial charge in [0, 0.05) is 6.61 Å². The van der Waals surface area contributed by atoms with Crippen LogP contribution >= 0.6 is 22.2 Å². The fraction of sp³-hybridized carbons (Fsp3) is 1.00. The Morgan fingerprint density at radius 1 is 1.33 bits per heavy atom. The zero-order chi connectivity index (χ0) is 6.69. The summed E-state index contributed by atoms with van der Waals surface area (Å²) in [5.41, 5.74) is 0.224. The van der Waals surface area contributed by atoms with Crippen molar-refractivity contribution in [1.82, 2.24) is 0 Å². The van der Waals surface area contributed by atoms with Gasteiger partial charge in [-0.3, -0.25) is 0 Å². The van der Waals surface area contributed by atoms with Crippen LogP contribution in [0.25, 0.3) is 0 Å². The van der Waals surface area contributed by atoms with Gasteiger partial charge in [-0.25, -0.2) is 0 Å². The van der Waals surface area contributed by atoms with E-state index in [1.165, 1.54) is 12.8 Å². The molecule has 0 saturated carbocycles. The van der Waals surface area contributed by atoms with Crippen molar-refractivity contribution in [3.05, 3.63) is 0 Å². The highest BCUT2D eigenvalue weighted by Gasteiger charge is 2.21. The lowest BCUT2D eigenvalue weighted by Gasteiger charge is -2.21. The Bertz CT molecular complexity index is 83.0. The van der Waals surface area contributed by atoms with Crippen LogP contribution in [0.15, 0.2) is 0 Å². The number of ether oxygens (including phenoxy) is 1. The minimum Gasteiger partial charge on any atom is -0.379 e. The normalized spacial score (nSPS) is 29.0. The Labute approximate surface area is 66.3 Å².